The first-order chi connectivity index (χ1) is 11.3. The fraction of sp³-hybridized carbons (Fsp3) is 0.250. The van der Waals surface area contributed by atoms with Crippen LogP contribution in [0, 0.1) is 17.5 Å². The van der Waals surface area contributed by atoms with Gasteiger partial charge in [-0.05, 0) is 17.7 Å². The third kappa shape index (κ3) is 2.81. The Labute approximate surface area is 137 Å². The van der Waals surface area contributed by atoms with Crippen LogP contribution in [0.25, 0.3) is 0 Å². The predicted octanol–water partition coefficient (Wildman–Crippen LogP) is 2.22. The van der Waals surface area contributed by atoms with E-state index in [4.69, 9.17) is 5.73 Å². The maximum absolute atomic E-state index is 13.9. The van der Waals surface area contributed by atoms with Crippen LogP contribution in [0.2, 0.25) is 0 Å². The molecule has 128 valence electrons. The van der Waals surface area contributed by atoms with Gasteiger partial charge in [0, 0.05) is 25.0 Å². The molecule has 1 aliphatic rings. The molecule has 0 aliphatic carbocycles. The lowest BCUT2D eigenvalue weighted by Gasteiger charge is -2.17. The van der Waals surface area contributed by atoms with Crippen molar-refractivity contribution in [2.75, 3.05) is 13.1 Å². The fourth-order valence-corrected chi connectivity index (χ4v) is 4.45. The van der Waals surface area contributed by atoms with Crippen LogP contribution >= 0.6 is 0 Å². The van der Waals surface area contributed by atoms with Gasteiger partial charge in [0.2, 0.25) is 10.0 Å². The summed E-state index contributed by atoms with van der Waals surface area (Å²) in [7, 11) is -4.31. The highest BCUT2D eigenvalue weighted by Gasteiger charge is 2.39. The van der Waals surface area contributed by atoms with E-state index in [-0.39, 0.29) is 19.0 Å². The Morgan fingerprint density at radius 3 is 2.29 bits per heavy atom. The van der Waals surface area contributed by atoms with Crippen molar-refractivity contribution in [2.45, 2.75) is 16.9 Å². The molecule has 2 aromatic carbocycles. The zero-order valence-corrected chi connectivity index (χ0v) is 13.3. The van der Waals surface area contributed by atoms with E-state index in [2.05, 4.69) is 0 Å². The normalized spacial score (nSPS) is 22.0. The quantitative estimate of drug-likeness (QED) is 0.858. The first-order valence-electron chi connectivity index (χ1n) is 7.26. The van der Waals surface area contributed by atoms with Gasteiger partial charge in [0.25, 0.3) is 0 Å². The van der Waals surface area contributed by atoms with Gasteiger partial charge < -0.3 is 5.73 Å². The maximum atomic E-state index is 13.9. The van der Waals surface area contributed by atoms with E-state index >= 15 is 0 Å². The van der Waals surface area contributed by atoms with Gasteiger partial charge in [0.1, 0.15) is 4.90 Å². The van der Waals surface area contributed by atoms with Crippen molar-refractivity contribution in [2.24, 2.45) is 5.73 Å². The highest BCUT2D eigenvalue weighted by Crippen LogP contribution is 2.31. The van der Waals surface area contributed by atoms with Gasteiger partial charge in [-0.2, -0.15) is 4.31 Å². The minimum absolute atomic E-state index is 0.0275. The fourth-order valence-electron chi connectivity index (χ4n) is 2.89. The molecule has 3 rings (SSSR count). The molecule has 0 radical (unpaired) electrons. The molecule has 0 spiro atoms. The second kappa shape index (κ2) is 6.19. The van der Waals surface area contributed by atoms with E-state index in [1.54, 1.807) is 0 Å². The summed E-state index contributed by atoms with van der Waals surface area (Å²) in [4.78, 5) is -0.887. The van der Waals surface area contributed by atoms with Crippen LogP contribution < -0.4 is 5.73 Å². The third-order valence-electron chi connectivity index (χ3n) is 4.18. The highest BCUT2D eigenvalue weighted by molar-refractivity contribution is 7.89. The van der Waals surface area contributed by atoms with E-state index in [9.17, 15) is 21.6 Å². The Bertz CT molecular complexity index is 859. The van der Waals surface area contributed by atoms with Crippen molar-refractivity contribution in [3.8, 4) is 0 Å². The minimum atomic E-state index is -4.31. The zero-order valence-electron chi connectivity index (χ0n) is 12.5. The maximum Gasteiger partial charge on any atom is 0.246 e. The molecule has 8 heteroatoms. The topological polar surface area (TPSA) is 63.4 Å². The molecule has 1 saturated heterocycles. The molecule has 2 N–H and O–H groups in total. The molecule has 0 amide bonds. The van der Waals surface area contributed by atoms with Gasteiger partial charge in [0.05, 0.1) is 0 Å². The summed E-state index contributed by atoms with van der Waals surface area (Å²) in [6.07, 6.45) is 0. The first kappa shape index (κ1) is 16.9. The second-order valence-corrected chi connectivity index (χ2v) is 7.58. The van der Waals surface area contributed by atoms with Crippen LogP contribution in [0.15, 0.2) is 47.4 Å². The molecule has 0 unspecified atom stereocenters. The summed E-state index contributed by atoms with van der Waals surface area (Å²) in [5.41, 5.74) is 6.90. The molecular formula is C16H15F3N2O2S. The molecule has 0 aromatic heterocycles. The first-order valence-corrected chi connectivity index (χ1v) is 8.70. The Morgan fingerprint density at radius 2 is 1.62 bits per heavy atom. The van der Waals surface area contributed by atoms with Crippen LogP contribution in [-0.2, 0) is 10.0 Å². The molecule has 1 fully saturated rings. The largest absolute Gasteiger partial charge is 0.326 e. The van der Waals surface area contributed by atoms with E-state index in [1.165, 1.54) is 0 Å². The highest BCUT2D eigenvalue weighted by atomic mass is 32.2. The Morgan fingerprint density at radius 1 is 0.958 bits per heavy atom. The number of nitrogens with two attached hydrogens (primary N) is 1. The van der Waals surface area contributed by atoms with Gasteiger partial charge in [-0.25, -0.2) is 21.6 Å². The molecule has 2 atom stereocenters. The van der Waals surface area contributed by atoms with Gasteiger partial charge >= 0.3 is 0 Å². The number of sulfonamides is 1. The number of nitrogens with zero attached hydrogens (tertiary/aromatic N) is 1. The molecule has 4 nitrogen and oxygen atoms in total. The Kier molecular flexibility index (Phi) is 4.37. The molecule has 1 heterocycles. The standard InChI is InChI=1S/C16H15F3N2O2S/c17-12-6-7-14(16(19)15(12)18)24(22,23)21-8-11(13(20)9-21)10-4-2-1-3-5-10/h1-7,11,13H,8-9,20H2/t11-,13+/m0/s1. The SMILES string of the molecule is N[C@@H]1CN(S(=O)(=O)c2ccc(F)c(F)c2F)C[C@H]1c1ccccc1. The molecule has 2 aromatic rings. The smallest absolute Gasteiger partial charge is 0.246 e. The van der Waals surface area contributed by atoms with Crippen molar-refractivity contribution < 1.29 is 21.6 Å². The van der Waals surface area contributed by atoms with E-state index in [1.807, 2.05) is 30.3 Å². The summed E-state index contributed by atoms with van der Waals surface area (Å²) in [6, 6.07) is 9.96. The Hall–Kier alpha value is -1.90. The van der Waals surface area contributed by atoms with Gasteiger partial charge in [-0.3, -0.25) is 0 Å². The van der Waals surface area contributed by atoms with Crippen LogP contribution in [-0.4, -0.2) is 31.9 Å². The average Bonchev–Trinajstić information content (AvgIpc) is 2.96. The summed E-state index contributed by atoms with van der Waals surface area (Å²) < 4.78 is 66.4. The molecular weight excluding hydrogens is 341 g/mol. The molecule has 24 heavy (non-hydrogen) atoms. The lowest BCUT2D eigenvalue weighted by atomic mass is 9.95. The summed E-state index contributed by atoms with van der Waals surface area (Å²) in [6.45, 7) is 0.0201. The van der Waals surface area contributed by atoms with Gasteiger partial charge in [0.15, 0.2) is 17.5 Å². The monoisotopic (exact) mass is 356 g/mol. The van der Waals surface area contributed by atoms with E-state index in [0.717, 1.165) is 15.9 Å². The van der Waals surface area contributed by atoms with Crippen LogP contribution in [0.4, 0.5) is 13.2 Å². The molecule has 0 saturated carbocycles. The Balaban J connectivity index is 1.94. The lowest BCUT2D eigenvalue weighted by molar-refractivity contribution is 0.422. The number of hydrogen-bond donors (Lipinski definition) is 1. The van der Waals surface area contributed by atoms with Gasteiger partial charge in [-0.15, -0.1) is 0 Å². The lowest BCUT2D eigenvalue weighted by Crippen LogP contribution is -2.32. The number of benzene rings is 2. The van der Waals surface area contributed by atoms with Crippen LogP contribution in [0.5, 0.6) is 0 Å². The third-order valence-corrected chi connectivity index (χ3v) is 6.03. The predicted molar refractivity (Wildman–Crippen MR) is 82.2 cm³/mol. The van der Waals surface area contributed by atoms with Gasteiger partial charge in [-0.1, -0.05) is 30.3 Å². The summed E-state index contributed by atoms with van der Waals surface area (Å²) >= 11 is 0. The van der Waals surface area contributed by atoms with Crippen molar-refractivity contribution >= 4 is 10.0 Å². The summed E-state index contributed by atoms with van der Waals surface area (Å²) in [5, 5.41) is 0. The molecule has 1 aliphatic heterocycles. The van der Waals surface area contributed by atoms with Crippen molar-refractivity contribution in [3.63, 3.8) is 0 Å². The average molecular weight is 356 g/mol. The van der Waals surface area contributed by atoms with Crippen molar-refractivity contribution in [3.05, 3.63) is 65.5 Å². The summed E-state index contributed by atoms with van der Waals surface area (Å²) in [5.74, 6) is -5.22. The zero-order chi connectivity index (χ0) is 17.5. The number of hydrogen-bond acceptors (Lipinski definition) is 3. The van der Waals surface area contributed by atoms with Crippen molar-refractivity contribution in [1.29, 1.82) is 0 Å². The van der Waals surface area contributed by atoms with E-state index in [0.29, 0.717) is 6.07 Å². The van der Waals surface area contributed by atoms with Crippen LogP contribution in [0.1, 0.15) is 11.5 Å². The van der Waals surface area contributed by atoms with Crippen molar-refractivity contribution in [1.82, 2.24) is 4.31 Å². The minimum Gasteiger partial charge on any atom is -0.326 e. The number of rotatable bonds is 3. The molecule has 0 bridgehead atoms. The van der Waals surface area contributed by atoms with E-state index < -0.39 is 38.4 Å². The second-order valence-electron chi connectivity index (χ2n) is 5.68. The number of halogens is 3. The van der Waals surface area contributed by atoms with Crippen LogP contribution in [0.3, 0.4) is 0 Å².